The molecule has 0 aliphatic heterocycles. The zero-order valence-corrected chi connectivity index (χ0v) is 14.3. The van der Waals surface area contributed by atoms with Gasteiger partial charge in [-0.15, -0.1) is 10.2 Å². The van der Waals surface area contributed by atoms with E-state index in [9.17, 15) is 4.79 Å². The number of aryl methyl sites for hydroxylation is 2. The summed E-state index contributed by atoms with van der Waals surface area (Å²) >= 11 is 3.15. The fraction of sp³-hybridized carbons (Fsp3) is 0.188. The molecule has 0 fully saturated rings. The number of carbonyl (C=O) groups is 1. The summed E-state index contributed by atoms with van der Waals surface area (Å²) in [5.74, 6) is -0.138. The fourth-order valence-corrected chi connectivity index (χ4v) is 3.58. The quantitative estimate of drug-likeness (QED) is 0.652. The minimum atomic E-state index is -0.138. The molecule has 0 radical (unpaired) electrons. The molecule has 0 atom stereocenters. The van der Waals surface area contributed by atoms with Crippen LogP contribution in [-0.4, -0.2) is 16.1 Å². The summed E-state index contributed by atoms with van der Waals surface area (Å²) in [5, 5.41) is 11.9. The Hall–Kier alpha value is -1.92. The van der Waals surface area contributed by atoms with E-state index in [0.29, 0.717) is 0 Å². The summed E-state index contributed by atoms with van der Waals surface area (Å²) < 4.78 is 0.919. The predicted octanol–water partition coefficient (Wildman–Crippen LogP) is 4.38. The maximum absolute atomic E-state index is 11.8. The molecular weight excluding hydrogens is 314 g/mol. The van der Waals surface area contributed by atoms with Crippen molar-refractivity contribution in [3.8, 4) is 0 Å². The summed E-state index contributed by atoms with van der Waals surface area (Å²) in [6, 6.07) is 5.92. The first-order valence-corrected chi connectivity index (χ1v) is 8.40. The summed E-state index contributed by atoms with van der Waals surface area (Å²) in [6.07, 6.45) is 6.91. The molecular formula is C16H17N3OS2. The summed E-state index contributed by atoms with van der Waals surface area (Å²) in [5.41, 5.74) is 1.83. The number of hydrogen-bond donors (Lipinski definition) is 1. The van der Waals surface area contributed by atoms with Gasteiger partial charge in [0, 0.05) is 16.7 Å². The average Bonchev–Trinajstić information content (AvgIpc) is 2.87. The Bertz CT molecular complexity index is 720. The minimum absolute atomic E-state index is 0.138. The highest BCUT2D eigenvalue weighted by Crippen LogP contribution is 2.32. The average molecular weight is 331 g/mol. The Balaban J connectivity index is 2.04. The van der Waals surface area contributed by atoms with E-state index in [1.165, 1.54) is 6.08 Å². The molecule has 0 saturated heterocycles. The van der Waals surface area contributed by atoms with Gasteiger partial charge in [0.1, 0.15) is 5.01 Å². The lowest BCUT2D eigenvalue weighted by atomic mass is 10.2. The molecule has 2 aromatic rings. The first kappa shape index (κ1) is 16.5. The third kappa shape index (κ3) is 4.82. The lowest BCUT2D eigenvalue weighted by Crippen LogP contribution is -2.08. The van der Waals surface area contributed by atoms with Crippen LogP contribution >= 0.6 is 23.1 Å². The highest BCUT2D eigenvalue weighted by Gasteiger charge is 2.06. The molecule has 4 nitrogen and oxygen atoms in total. The number of allylic oxidation sites excluding steroid dienone is 3. The maximum atomic E-state index is 11.8. The van der Waals surface area contributed by atoms with Crippen LogP contribution in [-0.2, 0) is 4.79 Å². The van der Waals surface area contributed by atoms with Crippen molar-refractivity contribution in [1.82, 2.24) is 10.2 Å². The second-order valence-electron chi connectivity index (χ2n) is 4.54. The Labute approximate surface area is 138 Å². The lowest BCUT2D eigenvalue weighted by molar-refractivity contribution is -0.111. The van der Waals surface area contributed by atoms with Crippen molar-refractivity contribution in [3.63, 3.8) is 0 Å². The standard InChI is InChI=1S/C16H17N3OS2/c1-4-5-6-7-15(20)17-14-9-8-13(10-11(14)2)22-16-19-18-12(3)21-16/h4-10H,1-3H3,(H,17,20)/b5-4+,7-6-. The van der Waals surface area contributed by atoms with Gasteiger partial charge in [-0.1, -0.05) is 41.3 Å². The molecule has 0 saturated carbocycles. The Kier molecular flexibility index (Phi) is 5.91. The van der Waals surface area contributed by atoms with E-state index in [1.54, 1.807) is 29.2 Å². The highest BCUT2D eigenvalue weighted by atomic mass is 32.2. The molecule has 6 heteroatoms. The monoisotopic (exact) mass is 331 g/mol. The van der Waals surface area contributed by atoms with Gasteiger partial charge < -0.3 is 5.32 Å². The van der Waals surface area contributed by atoms with Gasteiger partial charge in [0.25, 0.3) is 0 Å². The number of rotatable bonds is 5. The smallest absolute Gasteiger partial charge is 0.248 e. The van der Waals surface area contributed by atoms with Gasteiger partial charge in [-0.25, -0.2) is 0 Å². The molecule has 1 N–H and O–H groups in total. The summed E-state index contributed by atoms with van der Waals surface area (Å²) in [7, 11) is 0. The second kappa shape index (κ2) is 7.91. The van der Waals surface area contributed by atoms with E-state index in [-0.39, 0.29) is 5.91 Å². The fourth-order valence-electron chi connectivity index (χ4n) is 1.69. The molecule has 0 bridgehead atoms. The molecule has 0 aliphatic carbocycles. The Morgan fingerprint density at radius 1 is 1.27 bits per heavy atom. The predicted molar refractivity (Wildman–Crippen MR) is 92.5 cm³/mol. The molecule has 1 amide bonds. The normalized spacial score (nSPS) is 11.4. The maximum Gasteiger partial charge on any atom is 0.248 e. The Morgan fingerprint density at radius 3 is 2.73 bits per heavy atom. The van der Waals surface area contributed by atoms with Crippen LogP contribution in [0.5, 0.6) is 0 Å². The van der Waals surface area contributed by atoms with Crippen molar-refractivity contribution in [3.05, 3.63) is 53.1 Å². The lowest BCUT2D eigenvalue weighted by Gasteiger charge is -2.08. The Morgan fingerprint density at radius 2 is 2.09 bits per heavy atom. The first-order chi connectivity index (χ1) is 10.6. The van der Waals surface area contributed by atoms with Crippen molar-refractivity contribution in [2.75, 3.05) is 5.32 Å². The van der Waals surface area contributed by atoms with Gasteiger partial charge in [-0.2, -0.15) is 0 Å². The third-order valence-electron chi connectivity index (χ3n) is 2.72. The van der Waals surface area contributed by atoms with Gasteiger partial charge in [-0.3, -0.25) is 4.79 Å². The van der Waals surface area contributed by atoms with Crippen LogP contribution in [0.2, 0.25) is 0 Å². The van der Waals surface area contributed by atoms with Crippen molar-refractivity contribution in [1.29, 1.82) is 0 Å². The SMILES string of the molecule is C/C=C/C=C\C(=O)Nc1ccc(Sc2nnc(C)s2)cc1C. The van der Waals surface area contributed by atoms with Crippen LogP contribution in [0.15, 0.2) is 51.7 Å². The summed E-state index contributed by atoms with van der Waals surface area (Å²) in [4.78, 5) is 12.8. The second-order valence-corrected chi connectivity index (χ2v) is 7.04. The molecule has 0 unspecified atom stereocenters. The number of nitrogens with one attached hydrogen (secondary N) is 1. The van der Waals surface area contributed by atoms with Gasteiger partial charge in [0.2, 0.25) is 5.91 Å². The van der Waals surface area contributed by atoms with Gasteiger partial charge >= 0.3 is 0 Å². The van der Waals surface area contributed by atoms with Crippen molar-refractivity contribution in [2.45, 2.75) is 30.0 Å². The minimum Gasteiger partial charge on any atom is -0.322 e. The zero-order valence-electron chi connectivity index (χ0n) is 12.7. The molecule has 0 aliphatic rings. The number of benzene rings is 1. The molecule has 22 heavy (non-hydrogen) atoms. The molecule has 1 aromatic heterocycles. The van der Waals surface area contributed by atoms with Gasteiger partial charge in [-0.05, 0) is 44.5 Å². The molecule has 114 valence electrons. The number of amides is 1. The highest BCUT2D eigenvalue weighted by molar-refractivity contribution is 8.01. The number of anilines is 1. The molecule has 0 spiro atoms. The van der Waals surface area contributed by atoms with E-state index < -0.39 is 0 Å². The molecule has 2 rings (SSSR count). The molecule has 1 heterocycles. The van der Waals surface area contributed by atoms with Crippen LogP contribution < -0.4 is 5.32 Å². The van der Waals surface area contributed by atoms with Crippen LogP contribution in [0, 0.1) is 13.8 Å². The van der Waals surface area contributed by atoms with Crippen LogP contribution in [0.4, 0.5) is 5.69 Å². The van der Waals surface area contributed by atoms with E-state index in [4.69, 9.17) is 0 Å². The molecule has 1 aromatic carbocycles. The number of hydrogen-bond acceptors (Lipinski definition) is 5. The third-order valence-corrected chi connectivity index (χ3v) is 4.60. The number of carbonyl (C=O) groups excluding carboxylic acids is 1. The first-order valence-electron chi connectivity index (χ1n) is 6.77. The van der Waals surface area contributed by atoms with Gasteiger partial charge in [0.15, 0.2) is 4.34 Å². The van der Waals surface area contributed by atoms with Crippen LogP contribution in [0.25, 0.3) is 0 Å². The summed E-state index contributed by atoms with van der Waals surface area (Å²) in [6.45, 7) is 5.82. The van der Waals surface area contributed by atoms with Crippen LogP contribution in [0.1, 0.15) is 17.5 Å². The van der Waals surface area contributed by atoms with Crippen molar-refractivity contribution < 1.29 is 4.79 Å². The van der Waals surface area contributed by atoms with E-state index in [2.05, 4.69) is 15.5 Å². The zero-order chi connectivity index (χ0) is 15.9. The van der Waals surface area contributed by atoms with E-state index in [1.807, 2.05) is 51.1 Å². The van der Waals surface area contributed by atoms with Gasteiger partial charge in [0.05, 0.1) is 0 Å². The topological polar surface area (TPSA) is 54.9 Å². The number of aromatic nitrogens is 2. The number of nitrogens with zero attached hydrogens (tertiary/aromatic N) is 2. The van der Waals surface area contributed by atoms with E-state index in [0.717, 1.165) is 25.5 Å². The largest absolute Gasteiger partial charge is 0.322 e. The van der Waals surface area contributed by atoms with Crippen molar-refractivity contribution >= 4 is 34.7 Å². The van der Waals surface area contributed by atoms with Crippen molar-refractivity contribution in [2.24, 2.45) is 0 Å². The van der Waals surface area contributed by atoms with E-state index >= 15 is 0 Å². The van der Waals surface area contributed by atoms with Crippen LogP contribution in [0.3, 0.4) is 0 Å².